The van der Waals surface area contributed by atoms with Crippen LogP contribution in [-0.4, -0.2) is 23.7 Å². The molecule has 0 saturated heterocycles. The number of carbonyl (C=O) groups excluding carboxylic acids is 2. The molecule has 0 bridgehead atoms. The minimum absolute atomic E-state index is 0.210. The number of amides is 2. The van der Waals surface area contributed by atoms with E-state index < -0.39 is 12.0 Å². The third-order valence-electron chi connectivity index (χ3n) is 3.04. The molecule has 4 N–H and O–H groups in total. The van der Waals surface area contributed by atoms with Crippen LogP contribution in [0.4, 0.5) is 16.2 Å². The molecule has 0 spiro atoms. The smallest absolute Gasteiger partial charge is 0.411 e. The first kappa shape index (κ1) is 19.5. The second-order valence-corrected chi connectivity index (χ2v) is 5.81. The van der Waals surface area contributed by atoms with Crippen LogP contribution in [-0.2, 0) is 4.74 Å². The molecule has 0 saturated carbocycles. The van der Waals surface area contributed by atoms with E-state index >= 15 is 0 Å². The summed E-state index contributed by atoms with van der Waals surface area (Å²) in [5, 5.41) is 6.25. The summed E-state index contributed by atoms with van der Waals surface area (Å²) in [6, 6.07) is 13.3. The Balaban J connectivity index is 1.88. The Morgan fingerprint density at radius 3 is 2.46 bits per heavy atom. The molecule has 7 nitrogen and oxygen atoms in total. The van der Waals surface area contributed by atoms with Crippen molar-refractivity contribution >= 4 is 52.3 Å². The van der Waals surface area contributed by atoms with Crippen LogP contribution in [0.5, 0.6) is 0 Å². The Hall–Kier alpha value is -2.84. The molecule has 0 aliphatic heterocycles. The minimum Gasteiger partial charge on any atom is -0.450 e. The predicted octanol–water partition coefficient (Wildman–Crippen LogP) is 3.54. The number of ether oxygens (including phenoxy) is 1. The second-order valence-electron chi connectivity index (χ2n) is 4.97. The Labute approximate surface area is 161 Å². The van der Waals surface area contributed by atoms with Crippen molar-refractivity contribution in [1.82, 2.24) is 10.9 Å². The maximum absolute atomic E-state index is 12.2. The third kappa shape index (κ3) is 6.23. The zero-order chi connectivity index (χ0) is 18.9. The van der Waals surface area contributed by atoms with E-state index in [-0.39, 0.29) is 11.7 Å². The fourth-order valence-corrected chi connectivity index (χ4v) is 2.20. The molecular formula is C17H17ClN4O3S. The van der Waals surface area contributed by atoms with Crippen molar-refractivity contribution in [2.75, 3.05) is 17.2 Å². The van der Waals surface area contributed by atoms with Gasteiger partial charge in [0.25, 0.3) is 5.91 Å². The van der Waals surface area contributed by atoms with E-state index in [2.05, 4.69) is 21.5 Å². The lowest BCUT2D eigenvalue weighted by atomic mass is 10.2. The fraction of sp³-hybridized carbons (Fsp3) is 0.118. The molecule has 2 aromatic carbocycles. The van der Waals surface area contributed by atoms with Gasteiger partial charge in [-0.15, -0.1) is 0 Å². The van der Waals surface area contributed by atoms with Gasteiger partial charge >= 0.3 is 6.09 Å². The quantitative estimate of drug-likeness (QED) is 0.470. The lowest BCUT2D eigenvalue weighted by Crippen LogP contribution is -2.43. The van der Waals surface area contributed by atoms with E-state index in [4.69, 9.17) is 28.6 Å². The molecule has 0 aliphatic rings. The van der Waals surface area contributed by atoms with Gasteiger partial charge in [-0.3, -0.25) is 21.0 Å². The van der Waals surface area contributed by atoms with E-state index in [0.717, 1.165) is 5.69 Å². The molecule has 2 amide bonds. The SMILES string of the molecule is CCOC(=O)Nc1cccc(C(=O)NNC(=S)Nc2ccc(Cl)cc2)c1. The van der Waals surface area contributed by atoms with Crippen LogP contribution >= 0.6 is 23.8 Å². The summed E-state index contributed by atoms with van der Waals surface area (Å²) in [6.07, 6.45) is -0.587. The van der Waals surface area contributed by atoms with Crippen LogP contribution in [0.1, 0.15) is 17.3 Å². The Kier molecular flexibility index (Phi) is 7.19. The Bertz CT molecular complexity index is 799. The molecule has 0 aliphatic carbocycles. The zero-order valence-electron chi connectivity index (χ0n) is 13.8. The number of hydrazine groups is 1. The summed E-state index contributed by atoms with van der Waals surface area (Å²) < 4.78 is 4.79. The number of carbonyl (C=O) groups is 2. The highest BCUT2D eigenvalue weighted by Crippen LogP contribution is 2.13. The van der Waals surface area contributed by atoms with Crippen LogP contribution in [0, 0.1) is 0 Å². The number of hydrogen-bond donors (Lipinski definition) is 4. The molecule has 2 aromatic rings. The van der Waals surface area contributed by atoms with E-state index in [9.17, 15) is 9.59 Å². The Morgan fingerprint density at radius 1 is 1.04 bits per heavy atom. The van der Waals surface area contributed by atoms with Gasteiger partial charge in [0.05, 0.1) is 6.61 Å². The van der Waals surface area contributed by atoms with Gasteiger partial charge in [-0.2, -0.15) is 0 Å². The van der Waals surface area contributed by atoms with Gasteiger partial charge < -0.3 is 10.1 Å². The molecule has 136 valence electrons. The first-order valence-corrected chi connectivity index (χ1v) is 8.43. The van der Waals surface area contributed by atoms with Crippen molar-refractivity contribution in [3.63, 3.8) is 0 Å². The highest BCUT2D eigenvalue weighted by molar-refractivity contribution is 7.80. The summed E-state index contributed by atoms with van der Waals surface area (Å²) in [7, 11) is 0. The highest BCUT2D eigenvalue weighted by Gasteiger charge is 2.08. The molecule has 9 heteroatoms. The zero-order valence-corrected chi connectivity index (χ0v) is 15.4. The van der Waals surface area contributed by atoms with E-state index in [1.807, 2.05) is 0 Å². The van der Waals surface area contributed by atoms with Crippen molar-refractivity contribution in [2.24, 2.45) is 0 Å². The second kappa shape index (κ2) is 9.59. The van der Waals surface area contributed by atoms with Crippen molar-refractivity contribution in [3.8, 4) is 0 Å². The van der Waals surface area contributed by atoms with Crippen molar-refractivity contribution in [1.29, 1.82) is 0 Å². The van der Waals surface area contributed by atoms with Gasteiger partial charge in [0.15, 0.2) is 5.11 Å². The first-order valence-electron chi connectivity index (χ1n) is 7.64. The normalized spacial score (nSPS) is 9.77. The summed E-state index contributed by atoms with van der Waals surface area (Å²) in [4.78, 5) is 23.6. The number of benzene rings is 2. The van der Waals surface area contributed by atoms with Gasteiger partial charge in [0, 0.05) is 22.0 Å². The average Bonchev–Trinajstić information content (AvgIpc) is 2.62. The van der Waals surface area contributed by atoms with E-state index in [1.54, 1.807) is 49.4 Å². The van der Waals surface area contributed by atoms with Crippen molar-refractivity contribution < 1.29 is 14.3 Å². The molecule has 0 heterocycles. The molecular weight excluding hydrogens is 376 g/mol. The van der Waals surface area contributed by atoms with Crippen LogP contribution < -0.4 is 21.5 Å². The van der Waals surface area contributed by atoms with Crippen molar-refractivity contribution in [2.45, 2.75) is 6.92 Å². The third-order valence-corrected chi connectivity index (χ3v) is 3.49. The largest absolute Gasteiger partial charge is 0.450 e. The highest BCUT2D eigenvalue weighted by atomic mass is 35.5. The number of hydrogen-bond acceptors (Lipinski definition) is 4. The lowest BCUT2D eigenvalue weighted by molar-refractivity contribution is 0.0944. The summed E-state index contributed by atoms with van der Waals surface area (Å²) in [5.41, 5.74) is 6.57. The number of rotatable bonds is 4. The number of thiocarbonyl (C=S) groups is 1. The minimum atomic E-state index is -0.587. The van der Waals surface area contributed by atoms with Crippen molar-refractivity contribution in [3.05, 3.63) is 59.1 Å². The summed E-state index contributed by atoms with van der Waals surface area (Å²) in [6.45, 7) is 1.96. The molecule has 26 heavy (non-hydrogen) atoms. The van der Waals surface area contributed by atoms with Crippen LogP contribution in [0.2, 0.25) is 5.02 Å². The summed E-state index contributed by atoms with van der Waals surface area (Å²) in [5.74, 6) is -0.419. The molecule has 0 atom stereocenters. The van der Waals surface area contributed by atoms with Crippen LogP contribution in [0.25, 0.3) is 0 Å². The van der Waals surface area contributed by atoms with E-state index in [0.29, 0.717) is 16.3 Å². The van der Waals surface area contributed by atoms with Gasteiger partial charge in [0.2, 0.25) is 0 Å². The average molecular weight is 393 g/mol. The molecule has 0 radical (unpaired) electrons. The number of nitrogens with one attached hydrogen (secondary N) is 4. The van der Waals surface area contributed by atoms with Crippen LogP contribution in [0.3, 0.4) is 0 Å². The Morgan fingerprint density at radius 2 is 1.77 bits per heavy atom. The molecule has 0 aromatic heterocycles. The van der Waals surface area contributed by atoms with Gasteiger partial charge in [0.1, 0.15) is 0 Å². The monoisotopic (exact) mass is 392 g/mol. The maximum atomic E-state index is 12.2. The molecule has 2 rings (SSSR count). The first-order chi connectivity index (χ1) is 12.5. The van der Waals surface area contributed by atoms with Crippen LogP contribution in [0.15, 0.2) is 48.5 Å². The fourth-order valence-electron chi connectivity index (χ4n) is 1.90. The summed E-state index contributed by atoms with van der Waals surface area (Å²) >= 11 is 10.9. The number of anilines is 2. The van der Waals surface area contributed by atoms with Gasteiger partial charge in [-0.25, -0.2) is 4.79 Å². The molecule has 0 fully saturated rings. The van der Waals surface area contributed by atoms with E-state index in [1.165, 1.54) is 6.07 Å². The topological polar surface area (TPSA) is 91.5 Å². The predicted molar refractivity (Wildman–Crippen MR) is 105 cm³/mol. The number of halogens is 1. The van der Waals surface area contributed by atoms with Gasteiger partial charge in [-0.1, -0.05) is 17.7 Å². The molecule has 0 unspecified atom stereocenters. The lowest BCUT2D eigenvalue weighted by Gasteiger charge is -2.12. The van der Waals surface area contributed by atoms with Gasteiger partial charge in [-0.05, 0) is 61.6 Å². The standard InChI is InChI=1S/C17H17ClN4O3S/c1-2-25-17(24)20-14-5-3-4-11(10-14)15(23)21-22-16(26)19-13-8-6-12(18)7-9-13/h3-10H,2H2,1H3,(H,20,24)(H,21,23)(H2,19,22,26). The maximum Gasteiger partial charge on any atom is 0.411 e.